The molecule has 7 heteroatoms. The number of nitrogens with one attached hydrogen (secondary N) is 1. The average Bonchev–Trinajstić information content (AvgIpc) is 2.34. The zero-order chi connectivity index (χ0) is 14.4. The Morgan fingerprint density at radius 2 is 2.21 bits per heavy atom. The second kappa shape index (κ2) is 7.57. The topological polar surface area (TPSA) is 72.2 Å². The van der Waals surface area contributed by atoms with Crippen molar-refractivity contribution < 1.29 is 9.13 Å². The van der Waals surface area contributed by atoms with E-state index in [-0.39, 0.29) is 11.7 Å². The molecular weight excluding hydrogens is 288 g/mol. The molecule has 0 amide bonds. The summed E-state index contributed by atoms with van der Waals surface area (Å²) in [7, 11) is -0.815. The van der Waals surface area contributed by atoms with Crippen LogP contribution >= 0.6 is 11.6 Å². The predicted octanol–water partition coefficient (Wildman–Crippen LogP) is 2.49. The number of halogens is 1. The molecule has 1 aromatic carbocycles. The van der Waals surface area contributed by atoms with Crippen LogP contribution in [-0.4, -0.2) is 27.2 Å². The van der Waals surface area contributed by atoms with E-state index in [2.05, 4.69) is 5.32 Å². The van der Waals surface area contributed by atoms with E-state index in [1.54, 1.807) is 18.4 Å². The van der Waals surface area contributed by atoms with E-state index in [9.17, 15) is 14.3 Å². The second-order valence-corrected chi connectivity index (χ2v) is 6.37. The van der Waals surface area contributed by atoms with Crippen LogP contribution in [0, 0.1) is 10.1 Å². The maximum absolute atomic E-state index is 11.0. The van der Waals surface area contributed by atoms with Gasteiger partial charge in [-0.1, -0.05) is 11.6 Å². The van der Waals surface area contributed by atoms with Crippen molar-refractivity contribution in [1.82, 2.24) is 5.32 Å². The molecule has 1 rings (SSSR count). The number of rotatable bonds is 7. The summed E-state index contributed by atoms with van der Waals surface area (Å²) in [5.74, 6) is 0.622. The van der Waals surface area contributed by atoms with Gasteiger partial charge in [0.25, 0.3) is 5.69 Å². The van der Waals surface area contributed by atoms with E-state index >= 15 is 0 Å². The van der Waals surface area contributed by atoms with Gasteiger partial charge in [0.05, 0.1) is 4.92 Å². The van der Waals surface area contributed by atoms with E-state index in [1.807, 2.05) is 6.92 Å². The van der Waals surface area contributed by atoms with Gasteiger partial charge >= 0.3 is 0 Å². The quantitative estimate of drug-likeness (QED) is 0.620. The number of nitro groups is 1. The number of hydrogen-bond acceptors (Lipinski definition) is 4. The molecule has 0 radical (unpaired) electrons. The second-order valence-electron chi connectivity index (χ2n) is 4.38. The van der Waals surface area contributed by atoms with Crippen molar-refractivity contribution in [3.8, 4) is 0 Å². The van der Waals surface area contributed by atoms with Crippen LogP contribution in [0.1, 0.15) is 18.9 Å². The monoisotopic (exact) mass is 304 g/mol. The fourth-order valence-electron chi connectivity index (χ4n) is 1.59. The molecule has 0 fully saturated rings. The predicted molar refractivity (Wildman–Crippen MR) is 78.0 cm³/mol. The van der Waals surface area contributed by atoms with E-state index in [4.69, 9.17) is 11.6 Å². The lowest BCUT2D eigenvalue weighted by molar-refractivity contribution is -0.385. The first-order chi connectivity index (χ1) is 8.90. The van der Waals surface area contributed by atoms with Crippen LogP contribution in [0.15, 0.2) is 18.2 Å². The molecule has 2 unspecified atom stereocenters. The third-order valence-electron chi connectivity index (χ3n) is 2.72. The molecule has 1 aromatic rings. The Hall–Kier alpha value is -0.980. The first kappa shape index (κ1) is 16.1. The van der Waals surface area contributed by atoms with Crippen LogP contribution in [0.25, 0.3) is 0 Å². The Labute approximate surface area is 120 Å². The van der Waals surface area contributed by atoms with Crippen LogP contribution < -0.4 is 5.32 Å². The van der Waals surface area contributed by atoms with Crippen molar-refractivity contribution in [3.63, 3.8) is 0 Å². The molecule has 1 N–H and O–H groups in total. The van der Waals surface area contributed by atoms with Crippen molar-refractivity contribution in [2.75, 3.05) is 12.0 Å². The fraction of sp³-hybridized carbons (Fsp3) is 0.500. The Kier molecular flexibility index (Phi) is 6.41. The van der Waals surface area contributed by atoms with Gasteiger partial charge < -0.3 is 5.32 Å². The maximum Gasteiger partial charge on any atom is 0.275 e. The van der Waals surface area contributed by atoms with Crippen LogP contribution in [0.3, 0.4) is 0 Å². The van der Waals surface area contributed by atoms with Gasteiger partial charge in [0.1, 0.15) is 0 Å². The first-order valence-corrected chi connectivity index (χ1v) is 7.97. The van der Waals surface area contributed by atoms with Gasteiger partial charge in [-0.05, 0) is 25.5 Å². The molecule has 0 saturated heterocycles. The van der Waals surface area contributed by atoms with Gasteiger partial charge in [0.2, 0.25) is 0 Å². The fourth-order valence-corrected chi connectivity index (χ4v) is 2.44. The highest BCUT2D eigenvalue weighted by atomic mass is 35.5. The summed E-state index contributed by atoms with van der Waals surface area (Å²) in [6, 6.07) is 4.79. The van der Waals surface area contributed by atoms with Crippen LogP contribution in [0.4, 0.5) is 5.69 Å². The average molecular weight is 305 g/mol. The van der Waals surface area contributed by atoms with Crippen LogP contribution in [0.5, 0.6) is 0 Å². The van der Waals surface area contributed by atoms with Gasteiger partial charge in [-0.3, -0.25) is 14.3 Å². The lowest BCUT2D eigenvalue weighted by Gasteiger charge is -2.13. The third kappa shape index (κ3) is 5.67. The molecular formula is C12H17ClN2O3S. The standard InChI is InChI=1S/C12H17ClN2O3S/c1-9(5-6-19(2)18)14-8-10-3-4-11(13)7-12(10)15(16)17/h3-4,7,9,14H,5-6,8H2,1-2H3. The van der Waals surface area contributed by atoms with E-state index in [0.717, 1.165) is 6.42 Å². The summed E-state index contributed by atoms with van der Waals surface area (Å²) in [4.78, 5) is 10.5. The minimum atomic E-state index is -0.815. The summed E-state index contributed by atoms with van der Waals surface area (Å²) >= 11 is 5.75. The Bertz CT molecular complexity index is 482. The summed E-state index contributed by atoms with van der Waals surface area (Å²) < 4.78 is 11.0. The van der Waals surface area contributed by atoms with Gasteiger partial charge in [-0.2, -0.15) is 0 Å². The third-order valence-corrected chi connectivity index (χ3v) is 3.77. The van der Waals surface area contributed by atoms with Crippen LogP contribution in [0.2, 0.25) is 5.02 Å². The molecule has 0 aromatic heterocycles. The number of nitrogens with zero attached hydrogens (tertiary/aromatic N) is 1. The Balaban J connectivity index is 2.62. The minimum Gasteiger partial charge on any atom is -0.310 e. The highest BCUT2D eigenvalue weighted by Gasteiger charge is 2.14. The van der Waals surface area contributed by atoms with Crippen molar-refractivity contribution in [2.45, 2.75) is 25.9 Å². The largest absolute Gasteiger partial charge is 0.310 e. The molecule has 19 heavy (non-hydrogen) atoms. The SMILES string of the molecule is CC(CCS(C)=O)NCc1ccc(Cl)cc1[N+](=O)[O-]. The van der Waals surface area contributed by atoms with Gasteiger partial charge in [-0.25, -0.2) is 0 Å². The van der Waals surface area contributed by atoms with Crippen molar-refractivity contribution in [1.29, 1.82) is 0 Å². The van der Waals surface area contributed by atoms with E-state index < -0.39 is 15.7 Å². The number of hydrogen-bond donors (Lipinski definition) is 1. The molecule has 0 saturated carbocycles. The van der Waals surface area contributed by atoms with E-state index in [0.29, 0.717) is 22.9 Å². The number of benzene rings is 1. The molecule has 0 spiro atoms. The lowest BCUT2D eigenvalue weighted by atomic mass is 10.1. The number of nitro benzene ring substituents is 1. The van der Waals surface area contributed by atoms with Gasteiger partial charge in [0, 0.05) is 52.0 Å². The summed E-state index contributed by atoms with van der Waals surface area (Å²) in [6.45, 7) is 2.36. The Morgan fingerprint density at radius 1 is 1.53 bits per heavy atom. The summed E-state index contributed by atoms with van der Waals surface area (Å²) in [5.41, 5.74) is 0.616. The maximum atomic E-state index is 11.0. The lowest BCUT2D eigenvalue weighted by Crippen LogP contribution is -2.27. The zero-order valence-corrected chi connectivity index (χ0v) is 12.5. The summed E-state index contributed by atoms with van der Waals surface area (Å²) in [5, 5.41) is 14.5. The smallest absolute Gasteiger partial charge is 0.275 e. The molecule has 0 heterocycles. The zero-order valence-electron chi connectivity index (χ0n) is 10.9. The van der Waals surface area contributed by atoms with Crippen molar-refractivity contribution in [2.24, 2.45) is 0 Å². The normalized spacial score (nSPS) is 14.1. The molecule has 0 bridgehead atoms. The highest BCUT2D eigenvalue weighted by Crippen LogP contribution is 2.23. The van der Waals surface area contributed by atoms with Crippen LogP contribution in [-0.2, 0) is 17.3 Å². The minimum absolute atomic E-state index is 0.0197. The molecule has 2 atom stereocenters. The van der Waals surface area contributed by atoms with E-state index in [1.165, 1.54) is 6.07 Å². The van der Waals surface area contributed by atoms with Crippen molar-refractivity contribution in [3.05, 3.63) is 38.9 Å². The van der Waals surface area contributed by atoms with Gasteiger partial charge in [-0.15, -0.1) is 0 Å². The van der Waals surface area contributed by atoms with Crippen molar-refractivity contribution >= 4 is 28.1 Å². The Morgan fingerprint density at radius 3 is 2.79 bits per heavy atom. The molecule has 106 valence electrons. The summed E-state index contributed by atoms with van der Waals surface area (Å²) in [6.07, 6.45) is 2.43. The highest BCUT2D eigenvalue weighted by molar-refractivity contribution is 7.84. The molecule has 0 aliphatic rings. The molecule has 0 aliphatic carbocycles. The molecule has 5 nitrogen and oxygen atoms in total. The molecule has 0 aliphatic heterocycles. The first-order valence-electron chi connectivity index (χ1n) is 5.86. The van der Waals surface area contributed by atoms with Gasteiger partial charge in [0.15, 0.2) is 0 Å².